The molecule has 0 aromatic heterocycles. The highest BCUT2D eigenvalue weighted by atomic mass is 16.5. The first-order valence-electron chi connectivity index (χ1n) is 6.63. The summed E-state index contributed by atoms with van der Waals surface area (Å²) in [6.07, 6.45) is 0.218. The van der Waals surface area contributed by atoms with E-state index < -0.39 is 6.09 Å². The van der Waals surface area contributed by atoms with E-state index in [1.165, 1.54) is 0 Å². The normalized spacial score (nSPS) is 17.9. The van der Waals surface area contributed by atoms with Crippen LogP contribution in [0.25, 0.3) is 0 Å². The summed E-state index contributed by atoms with van der Waals surface area (Å²) in [5.41, 5.74) is 6.63. The van der Waals surface area contributed by atoms with E-state index in [1.54, 1.807) is 4.90 Å². The number of nitrogens with one attached hydrogen (secondary N) is 1. The van der Waals surface area contributed by atoms with Crippen molar-refractivity contribution in [1.82, 2.24) is 10.2 Å². The number of carbonyl (C=O) groups excluding carboxylic acids is 2. The van der Waals surface area contributed by atoms with Gasteiger partial charge in [0.05, 0.1) is 0 Å². The molecular formula is C14H19N3O3. The molecule has 20 heavy (non-hydrogen) atoms. The molecule has 0 radical (unpaired) electrons. The monoisotopic (exact) mass is 277 g/mol. The largest absolute Gasteiger partial charge is 0.445 e. The maximum absolute atomic E-state index is 11.8. The molecule has 1 aromatic rings. The van der Waals surface area contributed by atoms with Crippen molar-refractivity contribution >= 4 is 12.0 Å². The van der Waals surface area contributed by atoms with E-state index in [1.807, 2.05) is 30.3 Å². The third kappa shape index (κ3) is 4.24. The number of rotatable bonds is 4. The Hall–Kier alpha value is -2.08. The predicted molar refractivity (Wildman–Crippen MR) is 73.8 cm³/mol. The van der Waals surface area contributed by atoms with Gasteiger partial charge in [-0.05, 0) is 12.0 Å². The van der Waals surface area contributed by atoms with Crippen LogP contribution in [-0.2, 0) is 16.1 Å². The highest BCUT2D eigenvalue weighted by Crippen LogP contribution is 2.06. The smallest absolute Gasteiger partial charge is 0.407 e. The van der Waals surface area contributed by atoms with Crippen LogP contribution in [0.5, 0.6) is 0 Å². The fourth-order valence-corrected chi connectivity index (χ4v) is 2.05. The van der Waals surface area contributed by atoms with Crippen molar-refractivity contribution in [3.05, 3.63) is 35.9 Å². The summed E-state index contributed by atoms with van der Waals surface area (Å²) in [6, 6.07) is 9.41. The Morgan fingerprint density at radius 1 is 1.35 bits per heavy atom. The molecule has 1 saturated heterocycles. The highest BCUT2D eigenvalue weighted by Gasteiger charge is 2.23. The van der Waals surface area contributed by atoms with Gasteiger partial charge in [0.25, 0.3) is 0 Å². The Labute approximate surface area is 117 Å². The third-order valence-electron chi connectivity index (χ3n) is 3.17. The molecule has 0 spiro atoms. The Morgan fingerprint density at radius 2 is 2.10 bits per heavy atom. The lowest BCUT2D eigenvalue weighted by molar-refractivity contribution is -0.129. The van der Waals surface area contributed by atoms with Gasteiger partial charge >= 0.3 is 6.09 Å². The molecule has 2 rings (SSSR count). The molecule has 6 nitrogen and oxygen atoms in total. The van der Waals surface area contributed by atoms with Crippen molar-refractivity contribution in [2.24, 2.45) is 5.73 Å². The Bertz CT molecular complexity index is 464. The quantitative estimate of drug-likeness (QED) is 0.838. The van der Waals surface area contributed by atoms with E-state index in [4.69, 9.17) is 10.5 Å². The van der Waals surface area contributed by atoms with Gasteiger partial charge in [-0.1, -0.05) is 30.3 Å². The Balaban J connectivity index is 1.66. The minimum atomic E-state index is -0.592. The molecule has 3 N–H and O–H groups in total. The summed E-state index contributed by atoms with van der Waals surface area (Å²) < 4.78 is 5.02. The lowest BCUT2D eigenvalue weighted by atomic mass is 10.2. The average Bonchev–Trinajstić information content (AvgIpc) is 2.90. The highest BCUT2D eigenvalue weighted by molar-refractivity contribution is 5.82. The van der Waals surface area contributed by atoms with E-state index in [2.05, 4.69) is 5.32 Å². The molecule has 0 bridgehead atoms. The Kier molecular flexibility index (Phi) is 4.95. The summed E-state index contributed by atoms with van der Waals surface area (Å²) in [5.74, 6) is -0.130. The predicted octanol–water partition coefficient (Wildman–Crippen LogP) is 0.472. The number of nitrogens with zero attached hydrogens (tertiary/aromatic N) is 1. The van der Waals surface area contributed by atoms with Crippen LogP contribution in [0.4, 0.5) is 4.79 Å². The van der Waals surface area contributed by atoms with Crippen molar-refractivity contribution in [2.75, 3.05) is 19.6 Å². The number of carbonyl (C=O) groups is 2. The first-order valence-corrected chi connectivity index (χ1v) is 6.63. The van der Waals surface area contributed by atoms with E-state index in [9.17, 15) is 9.59 Å². The summed E-state index contributed by atoms with van der Waals surface area (Å²) in [6.45, 7) is 1.34. The van der Waals surface area contributed by atoms with Crippen LogP contribution in [0.3, 0.4) is 0 Å². The zero-order chi connectivity index (χ0) is 14.4. The van der Waals surface area contributed by atoms with E-state index in [-0.39, 0.29) is 25.1 Å². The minimum Gasteiger partial charge on any atom is -0.445 e. The van der Waals surface area contributed by atoms with Gasteiger partial charge in [0.2, 0.25) is 5.91 Å². The standard InChI is InChI=1S/C14H19N3O3/c15-12-6-7-17(9-12)13(18)8-16-14(19)20-10-11-4-2-1-3-5-11/h1-5,12H,6-10,15H2,(H,16,19). The number of nitrogens with two attached hydrogens (primary N) is 1. The van der Waals surface area contributed by atoms with Crippen LogP contribution < -0.4 is 11.1 Å². The first kappa shape index (κ1) is 14.3. The summed E-state index contributed by atoms with van der Waals surface area (Å²) >= 11 is 0. The summed E-state index contributed by atoms with van der Waals surface area (Å²) in [5, 5.41) is 2.45. The van der Waals surface area contributed by atoms with Gasteiger partial charge in [0.15, 0.2) is 0 Å². The number of hydrogen-bond donors (Lipinski definition) is 2. The fourth-order valence-electron chi connectivity index (χ4n) is 2.05. The minimum absolute atomic E-state index is 0.0454. The molecule has 108 valence electrons. The van der Waals surface area contributed by atoms with E-state index >= 15 is 0 Å². The maximum Gasteiger partial charge on any atom is 0.407 e. The molecule has 2 amide bonds. The van der Waals surface area contributed by atoms with Gasteiger partial charge in [0, 0.05) is 19.1 Å². The number of ether oxygens (including phenoxy) is 1. The van der Waals surface area contributed by atoms with Gasteiger partial charge in [0.1, 0.15) is 13.2 Å². The van der Waals surface area contributed by atoms with Crippen LogP contribution >= 0.6 is 0 Å². The molecule has 1 unspecified atom stereocenters. The van der Waals surface area contributed by atoms with Crippen molar-refractivity contribution in [3.63, 3.8) is 0 Å². The van der Waals surface area contributed by atoms with E-state index in [0.717, 1.165) is 12.0 Å². The average molecular weight is 277 g/mol. The zero-order valence-corrected chi connectivity index (χ0v) is 11.2. The molecule has 1 heterocycles. The number of benzene rings is 1. The molecule has 6 heteroatoms. The molecule has 0 aliphatic carbocycles. The second-order valence-corrected chi connectivity index (χ2v) is 4.80. The summed E-state index contributed by atoms with van der Waals surface area (Å²) in [4.78, 5) is 24.9. The SMILES string of the molecule is NC1CCN(C(=O)CNC(=O)OCc2ccccc2)C1. The molecule has 1 aromatic carbocycles. The number of likely N-dealkylation sites (tertiary alicyclic amines) is 1. The molecule has 1 fully saturated rings. The number of hydrogen-bond acceptors (Lipinski definition) is 4. The Morgan fingerprint density at radius 3 is 2.75 bits per heavy atom. The molecule has 0 saturated carbocycles. The van der Waals surface area contributed by atoms with Crippen LogP contribution in [0.2, 0.25) is 0 Å². The van der Waals surface area contributed by atoms with Gasteiger partial charge in [-0.2, -0.15) is 0 Å². The van der Waals surface area contributed by atoms with Crippen molar-refractivity contribution in [1.29, 1.82) is 0 Å². The topological polar surface area (TPSA) is 84.7 Å². The number of alkyl carbamates (subject to hydrolysis) is 1. The first-order chi connectivity index (χ1) is 9.65. The van der Waals surface area contributed by atoms with Crippen molar-refractivity contribution < 1.29 is 14.3 Å². The molecule has 1 atom stereocenters. The lowest BCUT2D eigenvalue weighted by Crippen LogP contribution is -2.40. The molecule has 1 aliphatic heterocycles. The van der Waals surface area contributed by atoms with Crippen LogP contribution in [0, 0.1) is 0 Å². The van der Waals surface area contributed by atoms with Gasteiger partial charge in [-0.3, -0.25) is 4.79 Å². The second kappa shape index (κ2) is 6.91. The zero-order valence-electron chi connectivity index (χ0n) is 11.2. The van der Waals surface area contributed by atoms with Gasteiger partial charge in [-0.15, -0.1) is 0 Å². The van der Waals surface area contributed by atoms with Crippen LogP contribution in [0.15, 0.2) is 30.3 Å². The van der Waals surface area contributed by atoms with Crippen LogP contribution in [-0.4, -0.2) is 42.6 Å². The fraction of sp³-hybridized carbons (Fsp3) is 0.429. The van der Waals surface area contributed by atoms with Crippen LogP contribution in [0.1, 0.15) is 12.0 Å². The van der Waals surface area contributed by atoms with Gasteiger partial charge < -0.3 is 20.7 Å². The number of amides is 2. The molecular weight excluding hydrogens is 258 g/mol. The second-order valence-electron chi connectivity index (χ2n) is 4.80. The lowest BCUT2D eigenvalue weighted by Gasteiger charge is -2.15. The maximum atomic E-state index is 11.8. The third-order valence-corrected chi connectivity index (χ3v) is 3.17. The van der Waals surface area contributed by atoms with Gasteiger partial charge in [-0.25, -0.2) is 4.79 Å². The van der Waals surface area contributed by atoms with Crippen molar-refractivity contribution in [3.8, 4) is 0 Å². The van der Waals surface area contributed by atoms with Crippen molar-refractivity contribution in [2.45, 2.75) is 19.1 Å². The molecule has 1 aliphatic rings. The van der Waals surface area contributed by atoms with E-state index in [0.29, 0.717) is 13.1 Å². The summed E-state index contributed by atoms with van der Waals surface area (Å²) in [7, 11) is 0.